The van der Waals surface area contributed by atoms with Gasteiger partial charge in [0.05, 0.1) is 32.8 Å². The molecule has 0 saturated heterocycles. The van der Waals surface area contributed by atoms with Gasteiger partial charge in [-0.25, -0.2) is 4.79 Å². The van der Waals surface area contributed by atoms with E-state index in [1.807, 2.05) is 0 Å². The molecule has 18 heavy (non-hydrogen) atoms. The van der Waals surface area contributed by atoms with Gasteiger partial charge < -0.3 is 9.22 Å². The summed E-state index contributed by atoms with van der Waals surface area (Å²) in [5, 5.41) is 15.3. The zero-order valence-corrected chi connectivity index (χ0v) is 11.5. The standard InChI is InChI=1S/C13H22N3O2/c1-4-16(5-2,6-3)8-7-9-18-13(17)12(10-14)11-15/h14H,4-9H2,1-3H3/q+1. The van der Waals surface area contributed by atoms with E-state index in [0.717, 1.165) is 37.1 Å². The van der Waals surface area contributed by atoms with Gasteiger partial charge in [0.15, 0.2) is 5.57 Å². The van der Waals surface area contributed by atoms with Gasteiger partial charge in [-0.3, -0.25) is 5.41 Å². The van der Waals surface area contributed by atoms with Gasteiger partial charge in [0.2, 0.25) is 0 Å². The summed E-state index contributed by atoms with van der Waals surface area (Å²) >= 11 is 0. The summed E-state index contributed by atoms with van der Waals surface area (Å²) in [6.07, 6.45) is 0.762. The van der Waals surface area contributed by atoms with Crippen LogP contribution in [0.25, 0.3) is 0 Å². The first-order chi connectivity index (χ1) is 8.59. The molecule has 0 aromatic rings. The van der Waals surface area contributed by atoms with E-state index in [9.17, 15) is 4.79 Å². The van der Waals surface area contributed by atoms with Crippen molar-refractivity contribution in [2.75, 3.05) is 32.8 Å². The SMILES string of the molecule is CC[N+](CC)(CC)CCCOC(=O)C(=C=N)C#N. The maximum atomic E-state index is 11.3. The summed E-state index contributed by atoms with van der Waals surface area (Å²) in [6.45, 7) is 10.9. The van der Waals surface area contributed by atoms with Crippen LogP contribution in [0.1, 0.15) is 27.2 Å². The predicted octanol–water partition coefficient (Wildman–Crippen LogP) is 1.49. The highest BCUT2D eigenvalue weighted by molar-refractivity contribution is 6.01. The Kier molecular flexibility index (Phi) is 7.69. The Bertz CT molecular complexity index is 353. The summed E-state index contributed by atoms with van der Waals surface area (Å²) in [7, 11) is 0. The molecule has 5 nitrogen and oxygen atoms in total. The Balaban J connectivity index is 4.11. The number of hydrogen-bond acceptors (Lipinski definition) is 4. The van der Waals surface area contributed by atoms with Gasteiger partial charge in [-0.2, -0.15) is 5.26 Å². The van der Waals surface area contributed by atoms with Crippen molar-refractivity contribution in [2.24, 2.45) is 0 Å². The number of esters is 1. The number of ether oxygens (including phenoxy) is 1. The number of rotatable bonds is 8. The number of nitrogens with zero attached hydrogens (tertiary/aromatic N) is 2. The Morgan fingerprint density at radius 1 is 1.28 bits per heavy atom. The fraction of sp³-hybridized carbons (Fsp3) is 0.692. The van der Waals surface area contributed by atoms with Crippen LogP contribution < -0.4 is 0 Å². The number of nitriles is 1. The molecular weight excluding hydrogens is 230 g/mol. The van der Waals surface area contributed by atoms with Crippen molar-refractivity contribution in [1.82, 2.24) is 0 Å². The van der Waals surface area contributed by atoms with Gasteiger partial charge >= 0.3 is 5.97 Å². The van der Waals surface area contributed by atoms with E-state index in [0.29, 0.717) is 0 Å². The number of nitrogens with one attached hydrogen (secondary N) is 1. The van der Waals surface area contributed by atoms with Crippen molar-refractivity contribution in [3.8, 4) is 6.07 Å². The molecule has 0 aromatic carbocycles. The van der Waals surface area contributed by atoms with Crippen LogP contribution in [0.3, 0.4) is 0 Å². The first-order valence-corrected chi connectivity index (χ1v) is 6.31. The van der Waals surface area contributed by atoms with Crippen LogP contribution in [0, 0.1) is 16.7 Å². The average Bonchev–Trinajstić information content (AvgIpc) is 2.41. The van der Waals surface area contributed by atoms with Crippen LogP contribution in [-0.2, 0) is 9.53 Å². The van der Waals surface area contributed by atoms with Gasteiger partial charge in [-0.05, 0) is 20.8 Å². The summed E-state index contributed by atoms with van der Waals surface area (Å²) in [4.78, 5) is 11.3. The minimum absolute atomic E-state index is 0.283. The van der Waals surface area contributed by atoms with Gasteiger partial charge in [-0.1, -0.05) is 0 Å². The number of carbonyl (C=O) groups excluding carboxylic acids is 1. The molecule has 0 aliphatic rings. The lowest BCUT2D eigenvalue weighted by Gasteiger charge is -2.35. The highest BCUT2D eigenvalue weighted by atomic mass is 16.5. The van der Waals surface area contributed by atoms with Crippen LogP contribution in [0.2, 0.25) is 0 Å². The van der Waals surface area contributed by atoms with Gasteiger partial charge in [-0.15, -0.1) is 0 Å². The second-order valence-electron chi connectivity index (χ2n) is 4.12. The molecule has 0 heterocycles. The van der Waals surface area contributed by atoms with Crippen molar-refractivity contribution >= 4 is 11.8 Å². The van der Waals surface area contributed by atoms with Gasteiger partial charge in [0.25, 0.3) is 0 Å². The molecule has 0 bridgehead atoms. The van der Waals surface area contributed by atoms with Crippen LogP contribution in [0.4, 0.5) is 0 Å². The van der Waals surface area contributed by atoms with Gasteiger partial charge in [0, 0.05) is 12.3 Å². The summed E-state index contributed by atoms with van der Waals surface area (Å²) < 4.78 is 5.93. The van der Waals surface area contributed by atoms with E-state index < -0.39 is 5.97 Å². The van der Waals surface area contributed by atoms with E-state index in [-0.39, 0.29) is 12.2 Å². The zero-order valence-electron chi connectivity index (χ0n) is 11.5. The fourth-order valence-electron chi connectivity index (χ4n) is 1.91. The molecule has 0 radical (unpaired) electrons. The Morgan fingerprint density at radius 2 is 1.83 bits per heavy atom. The second kappa shape index (κ2) is 8.46. The lowest BCUT2D eigenvalue weighted by Crippen LogP contribution is -2.48. The second-order valence-corrected chi connectivity index (χ2v) is 4.12. The Labute approximate surface area is 109 Å². The summed E-state index contributed by atoms with van der Waals surface area (Å²) in [5.74, 6) is 1.01. The minimum atomic E-state index is -0.755. The molecule has 0 unspecified atom stereocenters. The maximum Gasteiger partial charge on any atom is 0.358 e. The van der Waals surface area contributed by atoms with Crippen molar-refractivity contribution < 1.29 is 14.0 Å². The normalized spacial score (nSPS) is 10.3. The molecular formula is C13H22N3O2+. The monoisotopic (exact) mass is 252 g/mol. The molecule has 0 aliphatic heterocycles. The van der Waals surface area contributed by atoms with E-state index in [2.05, 4.69) is 20.8 Å². The topological polar surface area (TPSA) is 73.9 Å². The van der Waals surface area contributed by atoms with Crippen molar-refractivity contribution in [2.45, 2.75) is 27.2 Å². The third-order valence-corrected chi connectivity index (χ3v) is 3.46. The minimum Gasteiger partial charge on any atom is -0.461 e. The quantitative estimate of drug-likeness (QED) is 0.178. The van der Waals surface area contributed by atoms with E-state index in [1.54, 1.807) is 11.9 Å². The lowest BCUT2D eigenvalue weighted by atomic mass is 10.3. The molecule has 100 valence electrons. The molecule has 0 amide bonds. The largest absolute Gasteiger partial charge is 0.461 e. The maximum absolute atomic E-state index is 11.3. The van der Waals surface area contributed by atoms with Crippen LogP contribution >= 0.6 is 0 Å². The summed E-state index contributed by atoms with van der Waals surface area (Å²) in [5.41, 5.74) is -0.378. The van der Waals surface area contributed by atoms with E-state index in [4.69, 9.17) is 15.4 Å². The van der Waals surface area contributed by atoms with Crippen LogP contribution in [-0.4, -0.2) is 49.1 Å². The van der Waals surface area contributed by atoms with Gasteiger partial charge in [0.1, 0.15) is 6.07 Å². The first kappa shape index (κ1) is 16.4. The summed E-state index contributed by atoms with van der Waals surface area (Å²) in [6, 6.07) is 1.58. The third kappa shape index (κ3) is 4.70. The molecule has 0 fully saturated rings. The fourth-order valence-corrected chi connectivity index (χ4v) is 1.91. The lowest BCUT2D eigenvalue weighted by molar-refractivity contribution is -0.923. The molecule has 0 rings (SSSR count). The third-order valence-electron chi connectivity index (χ3n) is 3.46. The highest BCUT2D eigenvalue weighted by Gasteiger charge is 2.20. The smallest absolute Gasteiger partial charge is 0.358 e. The van der Waals surface area contributed by atoms with Crippen LogP contribution in [0.15, 0.2) is 5.57 Å². The van der Waals surface area contributed by atoms with E-state index in [1.165, 1.54) is 0 Å². The molecule has 0 aromatic heterocycles. The number of quaternary nitrogens is 1. The van der Waals surface area contributed by atoms with Crippen LogP contribution in [0.5, 0.6) is 0 Å². The Morgan fingerprint density at radius 3 is 2.22 bits per heavy atom. The first-order valence-electron chi connectivity index (χ1n) is 6.31. The molecule has 0 spiro atoms. The number of hydrogen-bond donors (Lipinski definition) is 1. The highest BCUT2D eigenvalue weighted by Crippen LogP contribution is 2.07. The van der Waals surface area contributed by atoms with Crippen molar-refractivity contribution in [1.29, 1.82) is 10.7 Å². The van der Waals surface area contributed by atoms with Crippen molar-refractivity contribution in [3.05, 3.63) is 5.57 Å². The predicted molar refractivity (Wildman–Crippen MR) is 69.2 cm³/mol. The molecule has 5 heteroatoms. The molecule has 0 atom stereocenters. The Hall–Kier alpha value is -1.63. The van der Waals surface area contributed by atoms with Crippen molar-refractivity contribution in [3.63, 3.8) is 0 Å². The molecule has 1 N–H and O–H groups in total. The van der Waals surface area contributed by atoms with E-state index >= 15 is 0 Å². The average molecular weight is 252 g/mol. The molecule has 0 saturated carbocycles. The molecule has 0 aliphatic carbocycles. The zero-order chi connectivity index (χ0) is 14.0. The number of carbonyl (C=O) groups is 1.